The summed E-state index contributed by atoms with van der Waals surface area (Å²) in [5.41, 5.74) is 0.999. The number of aromatic nitrogens is 1. The van der Waals surface area contributed by atoms with Crippen LogP contribution in [0.5, 0.6) is 0 Å². The number of carboxylic acid groups (broad SMARTS) is 1. The van der Waals surface area contributed by atoms with Crippen LogP contribution in [0.2, 0.25) is 0 Å². The first-order valence-electron chi connectivity index (χ1n) is 6.52. The van der Waals surface area contributed by atoms with Crippen molar-refractivity contribution in [1.29, 1.82) is 0 Å². The van der Waals surface area contributed by atoms with Crippen molar-refractivity contribution < 1.29 is 14.7 Å². The first-order valence-corrected chi connectivity index (χ1v) is 7.81. The summed E-state index contributed by atoms with van der Waals surface area (Å²) in [6.45, 7) is 1.75. The zero-order valence-electron chi connectivity index (χ0n) is 11.5. The first kappa shape index (κ1) is 14.8. The standard InChI is InChI=1S/C13H19N3O3S/c1-7-5-10(11(14-7)12(17)18)16-13(19)15-8-3-4-9(6-8)20-2/h5,8-9,14H,3-4,6H2,1-2H3,(H,17,18)(H2,15,16,19). The summed E-state index contributed by atoms with van der Waals surface area (Å²) in [4.78, 5) is 25.7. The third kappa shape index (κ3) is 3.47. The highest BCUT2D eigenvalue weighted by molar-refractivity contribution is 7.99. The van der Waals surface area contributed by atoms with Crippen molar-refractivity contribution in [2.24, 2.45) is 0 Å². The molecule has 1 aliphatic rings. The molecule has 0 aromatic carbocycles. The van der Waals surface area contributed by atoms with Crippen molar-refractivity contribution in [3.63, 3.8) is 0 Å². The summed E-state index contributed by atoms with van der Waals surface area (Å²) < 4.78 is 0. The van der Waals surface area contributed by atoms with Crippen LogP contribution < -0.4 is 10.6 Å². The number of amides is 2. The van der Waals surface area contributed by atoms with Gasteiger partial charge in [-0.3, -0.25) is 0 Å². The molecule has 0 aliphatic heterocycles. The lowest BCUT2D eigenvalue weighted by Gasteiger charge is -2.13. The summed E-state index contributed by atoms with van der Waals surface area (Å²) in [6, 6.07) is 1.43. The minimum atomic E-state index is -1.09. The largest absolute Gasteiger partial charge is 0.477 e. The van der Waals surface area contributed by atoms with E-state index in [1.807, 2.05) is 11.8 Å². The molecule has 1 aromatic heterocycles. The molecule has 0 spiro atoms. The molecule has 2 rings (SSSR count). The number of nitrogens with one attached hydrogen (secondary N) is 3. The molecule has 0 saturated heterocycles. The minimum absolute atomic E-state index is 0.00561. The van der Waals surface area contributed by atoms with Crippen LogP contribution in [0, 0.1) is 6.92 Å². The van der Waals surface area contributed by atoms with Crippen molar-refractivity contribution in [1.82, 2.24) is 10.3 Å². The summed E-state index contributed by atoms with van der Waals surface area (Å²) >= 11 is 1.82. The Labute approximate surface area is 121 Å². The molecule has 0 radical (unpaired) electrons. The number of aromatic carboxylic acids is 1. The lowest BCUT2D eigenvalue weighted by molar-refractivity contribution is 0.0692. The van der Waals surface area contributed by atoms with Gasteiger partial charge in [0.05, 0.1) is 5.69 Å². The van der Waals surface area contributed by atoms with Gasteiger partial charge < -0.3 is 20.7 Å². The zero-order valence-corrected chi connectivity index (χ0v) is 12.3. The Morgan fingerprint density at radius 1 is 1.45 bits per heavy atom. The number of carbonyl (C=O) groups is 2. The highest BCUT2D eigenvalue weighted by atomic mass is 32.2. The number of anilines is 1. The fourth-order valence-electron chi connectivity index (χ4n) is 2.49. The van der Waals surface area contributed by atoms with Gasteiger partial charge in [-0.15, -0.1) is 0 Å². The van der Waals surface area contributed by atoms with Gasteiger partial charge in [-0.05, 0) is 38.5 Å². The fourth-order valence-corrected chi connectivity index (χ4v) is 3.28. The number of urea groups is 1. The molecule has 1 fully saturated rings. The Balaban J connectivity index is 1.93. The van der Waals surface area contributed by atoms with Crippen molar-refractivity contribution in [2.45, 2.75) is 37.5 Å². The van der Waals surface area contributed by atoms with Gasteiger partial charge in [0.25, 0.3) is 0 Å². The number of H-pyrrole nitrogens is 1. The molecule has 2 unspecified atom stereocenters. The molecule has 1 saturated carbocycles. The number of aryl methyl sites for hydroxylation is 1. The predicted octanol–water partition coefficient (Wildman–Crippen LogP) is 2.43. The topological polar surface area (TPSA) is 94.2 Å². The van der Waals surface area contributed by atoms with Crippen molar-refractivity contribution in [3.05, 3.63) is 17.5 Å². The minimum Gasteiger partial charge on any atom is -0.477 e. The molecule has 4 N–H and O–H groups in total. The smallest absolute Gasteiger partial charge is 0.354 e. The molecule has 7 heteroatoms. The van der Waals surface area contributed by atoms with Crippen LogP contribution in [-0.2, 0) is 0 Å². The van der Waals surface area contributed by atoms with Crippen LogP contribution in [0.1, 0.15) is 35.4 Å². The second-order valence-electron chi connectivity index (χ2n) is 5.01. The SMILES string of the molecule is CSC1CCC(NC(=O)Nc2cc(C)[nH]c2C(=O)O)C1. The Morgan fingerprint density at radius 3 is 2.80 bits per heavy atom. The van der Waals surface area contributed by atoms with E-state index in [4.69, 9.17) is 5.11 Å². The number of rotatable bonds is 4. The first-order chi connectivity index (χ1) is 9.49. The zero-order chi connectivity index (χ0) is 14.7. The van der Waals surface area contributed by atoms with Gasteiger partial charge in [0.1, 0.15) is 5.69 Å². The summed E-state index contributed by atoms with van der Waals surface area (Å²) in [5.74, 6) is -1.09. The molecule has 2 amide bonds. The molecule has 2 atom stereocenters. The number of hydrogen-bond acceptors (Lipinski definition) is 3. The lowest BCUT2D eigenvalue weighted by atomic mass is 10.2. The molecule has 0 bridgehead atoms. The van der Waals surface area contributed by atoms with Gasteiger partial charge in [-0.25, -0.2) is 9.59 Å². The summed E-state index contributed by atoms with van der Waals surface area (Å²) in [6.07, 6.45) is 5.12. The van der Waals surface area contributed by atoms with Gasteiger partial charge >= 0.3 is 12.0 Å². The van der Waals surface area contributed by atoms with Crippen molar-refractivity contribution >= 4 is 29.4 Å². The number of carboxylic acids is 1. The molecule has 6 nitrogen and oxygen atoms in total. The van der Waals surface area contributed by atoms with Gasteiger partial charge in [-0.1, -0.05) is 0 Å². The van der Waals surface area contributed by atoms with Gasteiger partial charge in [-0.2, -0.15) is 11.8 Å². The van der Waals surface area contributed by atoms with Crippen molar-refractivity contribution in [3.8, 4) is 0 Å². The highest BCUT2D eigenvalue weighted by Crippen LogP contribution is 2.28. The van der Waals surface area contributed by atoms with Gasteiger partial charge in [0.15, 0.2) is 0 Å². The van der Waals surface area contributed by atoms with Crippen LogP contribution in [-0.4, -0.2) is 39.6 Å². The predicted molar refractivity (Wildman–Crippen MR) is 79.6 cm³/mol. The van der Waals surface area contributed by atoms with Crippen LogP contribution >= 0.6 is 11.8 Å². The Morgan fingerprint density at radius 2 is 2.20 bits per heavy atom. The molecule has 20 heavy (non-hydrogen) atoms. The van der Waals surface area contributed by atoms with E-state index in [9.17, 15) is 9.59 Å². The van der Waals surface area contributed by atoms with Crippen LogP contribution in [0.4, 0.5) is 10.5 Å². The second-order valence-corrected chi connectivity index (χ2v) is 6.15. The lowest BCUT2D eigenvalue weighted by Crippen LogP contribution is -2.36. The molecule has 110 valence electrons. The van der Waals surface area contributed by atoms with E-state index in [1.165, 1.54) is 0 Å². The Hall–Kier alpha value is -1.63. The molecule has 1 heterocycles. The summed E-state index contributed by atoms with van der Waals surface area (Å²) in [5, 5.41) is 15.1. The third-order valence-corrected chi connectivity index (χ3v) is 4.56. The maximum atomic E-state index is 11.9. The maximum absolute atomic E-state index is 11.9. The molecule has 1 aromatic rings. The summed E-state index contributed by atoms with van der Waals surface area (Å²) in [7, 11) is 0. The van der Waals surface area contributed by atoms with E-state index in [1.54, 1.807) is 13.0 Å². The quantitative estimate of drug-likeness (QED) is 0.686. The Kier molecular flexibility index (Phi) is 4.59. The third-order valence-electron chi connectivity index (χ3n) is 3.47. The monoisotopic (exact) mass is 297 g/mol. The Bertz CT molecular complexity index is 515. The van der Waals surface area contributed by atoms with E-state index in [0.717, 1.165) is 19.3 Å². The maximum Gasteiger partial charge on any atom is 0.354 e. The van der Waals surface area contributed by atoms with Gasteiger partial charge in [0, 0.05) is 17.0 Å². The van der Waals surface area contributed by atoms with E-state index < -0.39 is 5.97 Å². The van der Waals surface area contributed by atoms with E-state index in [-0.39, 0.29) is 17.8 Å². The van der Waals surface area contributed by atoms with Crippen LogP contribution in [0.15, 0.2) is 6.07 Å². The average Bonchev–Trinajstić information content (AvgIpc) is 2.96. The van der Waals surface area contributed by atoms with E-state index >= 15 is 0 Å². The van der Waals surface area contributed by atoms with Crippen molar-refractivity contribution in [2.75, 3.05) is 11.6 Å². The molecular weight excluding hydrogens is 278 g/mol. The van der Waals surface area contributed by atoms with Crippen LogP contribution in [0.25, 0.3) is 0 Å². The average molecular weight is 297 g/mol. The second kappa shape index (κ2) is 6.21. The highest BCUT2D eigenvalue weighted by Gasteiger charge is 2.25. The van der Waals surface area contributed by atoms with Crippen LogP contribution in [0.3, 0.4) is 0 Å². The fraction of sp³-hybridized carbons (Fsp3) is 0.538. The van der Waals surface area contributed by atoms with E-state index in [2.05, 4.69) is 21.9 Å². The van der Waals surface area contributed by atoms with Gasteiger partial charge in [0.2, 0.25) is 0 Å². The normalized spacial score (nSPS) is 21.7. The number of thioether (sulfide) groups is 1. The van der Waals surface area contributed by atoms with E-state index in [0.29, 0.717) is 16.6 Å². The number of aromatic amines is 1. The molecular formula is C13H19N3O3S. The number of hydrogen-bond donors (Lipinski definition) is 4. The molecule has 1 aliphatic carbocycles. The number of carbonyl (C=O) groups excluding carboxylic acids is 1.